The molecule has 0 amide bonds. The fourth-order valence-corrected chi connectivity index (χ4v) is 1.88. The van der Waals surface area contributed by atoms with Crippen LogP contribution < -0.4 is 0 Å². The molecule has 18 heavy (non-hydrogen) atoms. The van der Waals surface area contributed by atoms with Gasteiger partial charge >= 0.3 is 0 Å². The second kappa shape index (κ2) is 6.77. The van der Waals surface area contributed by atoms with Gasteiger partial charge in [-0.15, -0.1) is 0 Å². The topological polar surface area (TPSA) is 20.2 Å². The molecule has 0 aliphatic carbocycles. The summed E-state index contributed by atoms with van der Waals surface area (Å²) in [5.74, 6) is 0. The van der Waals surface area contributed by atoms with Crippen LogP contribution in [0.1, 0.15) is 23.7 Å². The highest BCUT2D eigenvalue weighted by Gasteiger charge is 2.00. The van der Waals surface area contributed by atoms with E-state index in [1.54, 1.807) is 0 Å². The number of aliphatic hydroxyl groups is 1. The van der Waals surface area contributed by atoms with Gasteiger partial charge in [0.15, 0.2) is 0 Å². The van der Waals surface area contributed by atoms with E-state index < -0.39 is 6.10 Å². The van der Waals surface area contributed by atoms with Gasteiger partial charge in [0.05, 0.1) is 6.10 Å². The Morgan fingerprint density at radius 2 is 1.50 bits per heavy atom. The molecule has 1 atom stereocenters. The van der Waals surface area contributed by atoms with Crippen molar-refractivity contribution in [1.29, 1.82) is 0 Å². The van der Waals surface area contributed by atoms with Gasteiger partial charge in [-0.25, -0.2) is 0 Å². The van der Waals surface area contributed by atoms with Crippen molar-refractivity contribution < 1.29 is 5.11 Å². The second-order valence-corrected chi connectivity index (χ2v) is 4.31. The number of benzene rings is 2. The lowest BCUT2D eigenvalue weighted by molar-refractivity contribution is 0.228. The Labute approximate surface area is 108 Å². The van der Waals surface area contributed by atoms with Crippen LogP contribution in [0.15, 0.2) is 72.8 Å². The lowest BCUT2D eigenvalue weighted by Gasteiger charge is -2.05. The van der Waals surface area contributed by atoms with Gasteiger partial charge in [-0.2, -0.15) is 0 Å². The van der Waals surface area contributed by atoms with E-state index in [0.717, 1.165) is 18.4 Å². The molecule has 1 nitrogen and oxygen atoms in total. The molecule has 2 aromatic rings. The average Bonchev–Trinajstić information content (AvgIpc) is 2.45. The van der Waals surface area contributed by atoms with Crippen LogP contribution in [-0.4, -0.2) is 5.11 Å². The van der Waals surface area contributed by atoms with Gasteiger partial charge in [0.2, 0.25) is 0 Å². The molecule has 0 aliphatic rings. The third-order valence-corrected chi connectivity index (χ3v) is 2.90. The van der Waals surface area contributed by atoms with Crippen LogP contribution in [-0.2, 0) is 6.42 Å². The highest BCUT2D eigenvalue weighted by atomic mass is 16.3. The SMILES string of the molecule is O[C@H](/C=C/CCc1ccccc1)c1ccccc1. The van der Waals surface area contributed by atoms with E-state index in [4.69, 9.17) is 0 Å². The number of aryl methyl sites for hydroxylation is 1. The molecular formula is C17H18O. The van der Waals surface area contributed by atoms with E-state index in [2.05, 4.69) is 24.3 Å². The number of hydrogen-bond donors (Lipinski definition) is 1. The summed E-state index contributed by atoms with van der Waals surface area (Å²) >= 11 is 0. The fraction of sp³-hybridized carbons (Fsp3) is 0.176. The lowest BCUT2D eigenvalue weighted by atomic mass is 10.1. The molecule has 0 saturated heterocycles. The summed E-state index contributed by atoms with van der Waals surface area (Å²) in [6.45, 7) is 0. The largest absolute Gasteiger partial charge is 0.384 e. The number of aliphatic hydroxyl groups excluding tert-OH is 1. The Kier molecular flexibility index (Phi) is 4.74. The molecule has 2 rings (SSSR count). The number of rotatable bonds is 5. The van der Waals surface area contributed by atoms with Gasteiger partial charge in [0, 0.05) is 0 Å². The maximum Gasteiger partial charge on any atom is 0.0971 e. The first kappa shape index (κ1) is 12.6. The maximum atomic E-state index is 9.93. The molecule has 1 heteroatoms. The van der Waals surface area contributed by atoms with Gasteiger partial charge in [0.25, 0.3) is 0 Å². The monoisotopic (exact) mass is 238 g/mol. The third kappa shape index (κ3) is 3.86. The Bertz CT molecular complexity index is 473. The minimum atomic E-state index is -0.498. The zero-order valence-electron chi connectivity index (χ0n) is 10.4. The smallest absolute Gasteiger partial charge is 0.0971 e. The molecule has 0 heterocycles. The van der Waals surface area contributed by atoms with Crippen molar-refractivity contribution in [3.63, 3.8) is 0 Å². The van der Waals surface area contributed by atoms with E-state index in [1.807, 2.05) is 48.6 Å². The van der Waals surface area contributed by atoms with Crippen molar-refractivity contribution in [3.05, 3.63) is 83.9 Å². The van der Waals surface area contributed by atoms with Crippen LogP contribution in [0.2, 0.25) is 0 Å². The zero-order chi connectivity index (χ0) is 12.6. The van der Waals surface area contributed by atoms with Crippen LogP contribution >= 0.6 is 0 Å². The second-order valence-electron chi connectivity index (χ2n) is 4.31. The van der Waals surface area contributed by atoms with Crippen LogP contribution in [0.3, 0.4) is 0 Å². The molecule has 92 valence electrons. The predicted octanol–water partition coefficient (Wildman–Crippen LogP) is 3.91. The van der Waals surface area contributed by atoms with E-state index in [-0.39, 0.29) is 0 Å². The van der Waals surface area contributed by atoms with Gasteiger partial charge in [-0.3, -0.25) is 0 Å². The third-order valence-electron chi connectivity index (χ3n) is 2.90. The quantitative estimate of drug-likeness (QED) is 0.783. The van der Waals surface area contributed by atoms with Crippen molar-refractivity contribution in [2.24, 2.45) is 0 Å². The number of allylic oxidation sites excluding steroid dienone is 1. The summed E-state index contributed by atoms with van der Waals surface area (Å²) in [6.07, 6.45) is 5.37. The normalized spacial score (nSPS) is 12.7. The van der Waals surface area contributed by atoms with Gasteiger partial charge in [-0.05, 0) is 24.0 Å². The first-order valence-electron chi connectivity index (χ1n) is 6.30. The predicted molar refractivity (Wildman–Crippen MR) is 75.3 cm³/mol. The van der Waals surface area contributed by atoms with Crippen molar-refractivity contribution in [3.8, 4) is 0 Å². The van der Waals surface area contributed by atoms with E-state index in [1.165, 1.54) is 5.56 Å². The van der Waals surface area contributed by atoms with Gasteiger partial charge in [-0.1, -0.05) is 72.8 Å². The summed E-state index contributed by atoms with van der Waals surface area (Å²) in [6, 6.07) is 20.1. The summed E-state index contributed by atoms with van der Waals surface area (Å²) in [7, 11) is 0. The average molecular weight is 238 g/mol. The van der Waals surface area contributed by atoms with Crippen molar-refractivity contribution >= 4 is 0 Å². The molecule has 0 spiro atoms. The molecule has 0 saturated carbocycles. The molecular weight excluding hydrogens is 220 g/mol. The summed E-state index contributed by atoms with van der Waals surface area (Å²) in [5.41, 5.74) is 2.27. The van der Waals surface area contributed by atoms with E-state index in [9.17, 15) is 5.11 Å². The molecule has 0 bridgehead atoms. The lowest BCUT2D eigenvalue weighted by Crippen LogP contribution is -1.92. The molecule has 0 radical (unpaired) electrons. The minimum absolute atomic E-state index is 0.498. The van der Waals surface area contributed by atoms with Crippen LogP contribution in [0.5, 0.6) is 0 Å². The van der Waals surface area contributed by atoms with E-state index in [0.29, 0.717) is 0 Å². The molecule has 0 aromatic heterocycles. The molecule has 2 aromatic carbocycles. The van der Waals surface area contributed by atoms with Crippen molar-refractivity contribution in [1.82, 2.24) is 0 Å². The first-order valence-corrected chi connectivity index (χ1v) is 6.30. The van der Waals surface area contributed by atoms with Crippen molar-refractivity contribution in [2.75, 3.05) is 0 Å². The Morgan fingerprint density at radius 3 is 2.17 bits per heavy atom. The van der Waals surface area contributed by atoms with Gasteiger partial charge in [0.1, 0.15) is 0 Å². The minimum Gasteiger partial charge on any atom is -0.384 e. The zero-order valence-corrected chi connectivity index (χ0v) is 10.4. The molecule has 0 fully saturated rings. The summed E-state index contributed by atoms with van der Waals surface area (Å²) in [4.78, 5) is 0. The van der Waals surface area contributed by atoms with Crippen LogP contribution in [0.4, 0.5) is 0 Å². The summed E-state index contributed by atoms with van der Waals surface area (Å²) in [5, 5.41) is 9.93. The Morgan fingerprint density at radius 1 is 0.889 bits per heavy atom. The Balaban J connectivity index is 1.82. The van der Waals surface area contributed by atoms with E-state index >= 15 is 0 Å². The van der Waals surface area contributed by atoms with Crippen molar-refractivity contribution in [2.45, 2.75) is 18.9 Å². The summed E-state index contributed by atoms with van der Waals surface area (Å²) < 4.78 is 0. The van der Waals surface area contributed by atoms with Gasteiger partial charge < -0.3 is 5.11 Å². The first-order chi connectivity index (χ1) is 8.86. The molecule has 0 unspecified atom stereocenters. The highest BCUT2D eigenvalue weighted by Crippen LogP contribution is 2.13. The number of hydrogen-bond acceptors (Lipinski definition) is 1. The maximum absolute atomic E-state index is 9.93. The molecule has 0 aliphatic heterocycles. The van der Waals surface area contributed by atoms with Crippen LogP contribution in [0.25, 0.3) is 0 Å². The standard InChI is InChI=1S/C17H18O/c18-17(16-12-5-2-6-13-16)14-8-7-11-15-9-3-1-4-10-15/h1-6,8-10,12-14,17-18H,7,11H2/b14-8+/t17-/m1/s1. The van der Waals surface area contributed by atoms with Crippen LogP contribution in [0, 0.1) is 0 Å². The highest BCUT2D eigenvalue weighted by molar-refractivity contribution is 5.21. The Hall–Kier alpha value is -1.86. The fourth-order valence-electron chi connectivity index (χ4n) is 1.88. The molecule has 1 N–H and O–H groups in total.